The SMILES string of the molecule is CC(=O)NC(c1ccc(-c2ccccc2)cc1)N(C)C. The molecule has 1 N–H and O–H groups in total. The minimum atomic E-state index is -0.0997. The van der Waals surface area contributed by atoms with E-state index < -0.39 is 0 Å². The molecule has 1 atom stereocenters. The van der Waals surface area contributed by atoms with Crippen LogP contribution in [0.15, 0.2) is 54.6 Å². The average molecular weight is 268 g/mol. The van der Waals surface area contributed by atoms with E-state index in [-0.39, 0.29) is 12.1 Å². The van der Waals surface area contributed by atoms with Crippen LogP contribution in [0.25, 0.3) is 11.1 Å². The number of nitrogens with one attached hydrogen (secondary N) is 1. The van der Waals surface area contributed by atoms with Crippen molar-refractivity contribution in [2.75, 3.05) is 14.1 Å². The maximum atomic E-state index is 11.3. The highest BCUT2D eigenvalue weighted by Gasteiger charge is 2.14. The van der Waals surface area contributed by atoms with Crippen LogP contribution in [0.3, 0.4) is 0 Å². The van der Waals surface area contributed by atoms with Crippen LogP contribution in [0.4, 0.5) is 0 Å². The van der Waals surface area contributed by atoms with E-state index in [0.29, 0.717) is 0 Å². The molecule has 1 amide bonds. The molecule has 2 rings (SSSR count). The van der Waals surface area contributed by atoms with E-state index in [9.17, 15) is 4.79 Å². The summed E-state index contributed by atoms with van der Waals surface area (Å²) in [5, 5.41) is 2.94. The molecule has 2 aromatic rings. The Bertz CT molecular complexity index is 561. The van der Waals surface area contributed by atoms with Gasteiger partial charge in [0, 0.05) is 6.92 Å². The molecule has 3 heteroatoms. The van der Waals surface area contributed by atoms with Gasteiger partial charge in [0.05, 0.1) is 0 Å². The second-order valence-electron chi connectivity index (χ2n) is 5.05. The number of hydrogen-bond acceptors (Lipinski definition) is 2. The molecular formula is C17H20N2O. The summed E-state index contributed by atoms with van der Waals surface area (Å²) in [6, 6.07) is 18.5. The minimum absolute atomic E-state index is 0.0316. The second kappa shape index (κ2) is 6.35. The summed E-state index contributed by atoms with van der Waals surface area (Å²) < 4.78 is 0. The van der Waals surface area contributed by atoms with Crippen molar-refractivity contribution in [1.29, 1.82) is 0 Å². The summed E-state index contributed by atoms with van der Waals surface area (Å²) in [7, 11) is 3.90. The number of amides is 1. The Labute approximate surface area is 120 Å². The van der Waals surface area contributed by atoms with Crippen molar-refractivity contribution in [1.82, 2.24) is 10.2 Å². The first-order valence-electron chi connectivity index (χ1n) is 6.67. The van der Waals surface area contributed by atoms with Crippen LogP contribution < -0.4 is 5.32 Å². The second-order valence-corrected chi connectivity index (χ2v) is 5.05. The van der Waals surface area contributed by atoms with Gasteiger partial charge in [0.15, 0.2) is 0 Å². The molecule has 0 aliphatic rings. The van der Waals surface area contributed by atoms with Crippen LogP contribution in [0.1, 0.15) is 18.7 Å². The maximum Gasteiger partial charge on any atom is 0.218 e. The molecule has 0 bridgehead atoms. The van der Waals surface area contributed by atoms with E-state index in [1.165, 1.54) is 18.1 Å². The first-order chi connectivity index (χ1) is 9.58. The van der Waals surface area contributed by atoms with E-state index >= 15 is 0 Å². The van der Waals surface area contributed by atoms with Gasteiger partial charge in [-0.25, -0.2) is 0 Å². The molecule has 0 saturated carbocycles. The third-order valence-corrected chi connectivity index (χ3v) is 3.19. The van der Waals surface area contributed by atoms with Gasteiger partial charge in [0.2, 0.25) is 5.91 Å². The van der Waals surface area contributed by atoms with E-state index in [2.05, 4.69) is 41.7 Å². The van der Waals surface area contributed by atoms with E-state index in [1.54, 1.807) is 0 Å². The van der Waals surface area contributed by atoms with Gasteiger partial charge >= 0.3 is 0 Å². The molecule has 2 aromatic carbocycles. The fraction of sp³-hybridized carbons (Fsp3) is 0.235. The molecule has 0 aromatic heterocycles. The lowest BCUT2D eigenvalue weighted by molar-refractivity contribution is -0.120. The van der Waals surface area contributed by atoms with Crippen LogP contribution in [0.2, 0.25) is 0 Å². The van der Waals surface area contributed by atoms with Gasteiger partial charge in [-0.3, -0.25) is 9.69 Å². The van der Waals surface area contributed by atoms with Crippen LogP contribution in [0.5, 0.6) is 0 Å². The Morgan fingerprint density at radius 3 is 2.00 bits per heavy atom. The van der Waals surface area contributed by atoms with Crippen molar-refractivity contribution in [2.45, 2.75) is 13.1 Å². The molecule has 20 heavy (non-hydrogen) atoms. The van der Waals surface area contributed by atoms with Gasteiger partial charge in [-0.1, -0.05) is 54.6 Å². The first kappa shape index (κ1) is 14.3. The van der Waals surface area contributed by atoms with Gasteiger partial charge in [0.25, 0.3) is 0 Å². The lowest BCUT2D eigenvalue weighted by Crippen LogP contribution is -2.36. The highest BCUT2D eigenvalue weighted by molar-refractivity contribution is 5.73. The Morgan fingerprint density at radius 1 is 0.950 bits per heavy atom. The molecule has 3 nitrogen and oxygen atoms in total. The molecule has 0 heterocycles. The Kier molecular flexibility index (Phi) is 4.53. The molecule has 0 fully saturated rings. The van der Waals surface area contributed by atoms with Crippen molar-refractivity contribution in [3.05, 3.63) is 60.2 Å². The summed E-state index contributed by atoms with van der Waals surface area (Å²) in [4.78, 5) is 13.3. The summed E-state index contributed by atoms with van der Waals surface area (Å²) >= 11 is 0. The van der Waals surface area contributed by atoms with Crippen LogP contribution >= 0.6 is 0 Å². The zero-order valence-corrected chi connectivity index (χ0v) is 12.1. The summed E-state index contributed by atoms with van der Waals surface area (Å²) in [6.45, 7) is 1.54. The summed E-state index contributed by atoms with van der Waals surface area (Å²) in [5.74, 6) is -0.0316. The molecule has 0 spiro atoms. The van der Waals surface area contributed by atoms with E-state index in [0.717, 1.165) is 5.56 Å². The van der Waals surface area contributed by atoms with E-state index in [1.807, 2.05) is 37.2 Å². The fourth-order valence-corrected chi connectivity index (χ4v) is 2.19. The number of benzene rings is 2. The maximum absolute atomic E-state index is 11.3. The molecule has 0 saturated heterocycles. The monoisotopic (exact) mass is 268 g/mol. The summed E-state index contributed by atoms with van der Waals surface area (Å²) in [6.07, 6.45) is -0.0997. The number of rotatable bonds is 4. The Morgan fingerprint density at radius 2 is 1.50 bits per heavy atom. The van der Waals surface area contributed by atoms with Crippen molar-refractivity contribution in [2.24, 2.45) is 0 Å². The van der Waals surface area contributed by atoms with Crippen molar-refractivity contribution in [3.63, 3.8) is 0 Å². The number of nitrogens with zero attached hydrogens (tertiary/aromatic N) is 1. The third kappa shape index (κ3) is 3.45. The fourth-order valence-electron chi connectivity index (χ4n) is 2.19. The Hall–Kier alpha value is -2.13. The van der Waals surface area contributed by atoms with Crippen LogP contribution in [-0.2, 0) is 4.79 Å². The molecule has 0 aliphatic heterocycles. The molecule has 104 valence electrons. The number of carbonyl (C=O) groups excluding carboxylic acids is 1. The van der Waals surface area contributed by atoms with Gasteiger partial charge in [-0.05, 0) is 30.8 Å². The van der Waals surface area contributed by atoms with Crippen LogP contribution in [0, 0.1) is 0 Å². The predicted molar refractivity (Wildman–Crippen MR) is 82.1 cm³/mol. The van der Waals surface area contributed by atoms with Crippen molar-refractivity contribution >= 4 is 5.91 Å². The van der Waals surface area contributed by atoms with Crippen LogP contribution in [-0.4, -0.2) is 24.9 Å². The molecule has 0 aliphatic carbocycles. The minimum Gasteiger partial charge on any atom is -0.337 e. The largest absolute Gasteiger partial charge is 0.337 e. The van der Waals surface area contributed by atoms with Gasteiger partial charge in [-0.2, -0.15) is 0 Å². The molecule has 0 radical (unpaired) electrons. The zero-order chi connectivity index (χ0) is 14.5. The highest BCUT2D eigenvalue weighted by atomic mass is 16.1. The number of carbonyl (C=O) groups is 1. The lowest BCUT2D eigenvalue weighted by Gasteiger charge is -2.25. The number of hydrogen-bond donors (Lipinski definition) is 1. The quantitative estimate of drug-likeness (QED) is 0.864. The first-order valence-corrected chi connectivity index (χ1v) is 6.67. The molecular weight excluding hydrogens is 248 g/mol. The zero-order valence-electron chi connectivity index (χ0n) is 12.1. The summed E-state index contributed by atoms with van der Waals surface area (Å²) in [5.41, 5.74) is 3.44. The third-order valence-electron chi connectivity index (χ3n) is 3.19. The highest BCUT2D eigenvalue weighted by Crippen LogP contribution is 2.22. The molecule has 1 unspecified atom stereocenters. The predicted octanol–water partition coefficient (Wildman–Crippen LogP) is 3.05. The van der Waals surface area contributed by atoms with Gasteiger partial charge < -0.3 is 5.32 Å². The smallest absolute Gasteiger partial charge is 0.218 e. The standard InChI is InChI=1S/C17H20N2O/c1-13(20)18-17(19(2)3)16-11-9-15(10-12-16)14-7-5-4-6-8-14/h4-12,17H,1-3H3,(H,18,20). The lowest BCUT2D eigenvalue weighted by atomic mass is 10.0. The van der Waals surface area contributed by atoms with Crippen molar-refractivity contribution < 1.29 is 4.79 Å². The van der Waals surface area contributed by atoms with E-state index in [4.69, 9.17) is 0 Å². The Balaban J connectivity index is 2.24. The van der Waals surface area contributed by atoms with Gasteiger partial charge in [0.1, 0.15) is 6.17 Å². The van der Waals surface area contributed by atoms with Crippen molar-refractivity contribution in [3.8, 4) is 11.1 Å². The topological polar surface area (TPSA) is 32.3 Å². The normalized spacial score (nSPS) is 12.2. The average Bonchev–Trinajstić information content (AvgIpc) is 2.45. The van der Waals surface area contributed by atoms with Gasteiger partial charge in [-0.15, -0.1) is 0 Å².